The Balaban J connectivity index is 1.10. The van der Waals surface area contributed by atoms with Crippen molar-refractivity contribution in [1.29, 1.82) is 0 Å². The fourth-order valence-electron chi connectivity index (χ4n) is 7.16. The molecule has 5 heteroatoms. The minimum absolute atomic E-state index is 0.291. The molecule has 230 valence electrons. The lowest BCUT2D eigenvalue weighted by Crippen LogP contribution is -2.33. The summed E-state index contributed by atoms with van der Waals surface area (Å²) in [5.74, 6) is 1.51. The minimum atomic E-state index is -0.291. The highest BCUT2D eigenvalue weighted by Gasteiger charge is 2.23. The third-order valence-corrected chi connectivity index (χ3v) is 9.56. The van der Waals surface area contributed by atoms with Crippen LogP contribution in [0.5, 0.6) is 0 Å². The Bertz CT molecular complexity index is 2810. The maximum absolute atomic E-state index is 6.36. The molecule has 0 saturated heterocycles. The number of amidine groups is 2. The van der Waals surface area contributed by atoms with Gasteiger partial charge in [0.05, 0.1) is 0 Å². The molecular formula is C44H28N4O. The lowest BCUT2D eigenvalue weighted by molar-refractivity contribution is 0.669. The number of fused-ring (bicyclic) bond motifs is 6. The van der Waals surface area contributed by atoms with Gasteiger partial charge in [-0.05, 0) is 80.0 Å². The minimum Gasteiger partial charge on any atom is -0.456 e. The smallest absolute Gasteiger partial charge is 0.159 e. The van der Waals surface area contributed by atoms with Gasteiger partial charge >= 0.3 is 0 Å². The van der Waals surface area contributed by atoms with Crippen LogP contribution in [0.2, 0.25) is 0 Å². The van der Waals surface area contributed by atoms with Crippen molar-refractivity contribution in [1.82, 2.24) is 10.3 Å². The molecule has 1 unspecified atom stereocenters. The monoisotopic (exact) mass is 628 g/mol. The van der Waals surface area contributed by atoms with E-state index in [-0.39, 0.29) is 6.17 Å². The zero-order valence-electron chi connectivity index (χ0n) is 26.3. The van der Waals surface area contributed by atoms with Gasteiger partial charge in [0.1, 0.15) is 23.2 Å². The molecule has 5 nitrogen and oxygen atoms in total. The maximum atomic E-state index is 6.36. The predicted octanol–water partition coefficient (Wildman–Crippen LogP) is 10.6. The van der Waals surface area contributed by atoms with Crippen LogP contribution in [0, 0.1) is 0 Å². The average Bonchev–Trinajstić information content (AvgIpc) is 3.54. The lowest BCUT2D eigenvalue weighted by Gasteiger charge is -2.24. The number of nitrogens with one attached hydrogen (secondary N) is 1. The molecule has 3 heterocycles. The van der Waals surface area contributed by atoms with Crippen LogP contribution in [0.25, 0.3) is 65.4 Å². The summed E-state index contributed by atoms with van der Waals surface area (Å²) in [6.07, 6.45) is 3.43. The largest absolute Gasteiger partial charge is 0.456 e. The molecule has 10 rings (SSSR count). The summed E-state index contributed by atoms with van der Waals surface area (Å²) in [5, 5.41) is 12.8. The Labute approximate surface area is 281 Å². The summed E-state index contributed by atoms with van der Waals surface area (Å²) in [4.78, 5) is 14.5. The van der Waals surface area contributed by atoms with Crippen molar-refractivity contribution in [2.45, 2.75) is 6.17 Å². The third-order valence-electron chi connectivity index (χ3n) is 9.56. The van der Waals surface area contributed by atoms with Gasteiger partial charge < -0.3 is 9.73 Å². The van der Waals surface area contributed by atoms with E-state index in [9.17, 15) is 0 Å². The Morgan fingerprint density at radius 2 is 1.35 bits per heavy atom. The van der Waals surface area contributed by atoms with Crippen molar-refractivity contribution in [2.75, 3.05) is 0 Å². The first-order valence-corrected chi connectivity index (χ1v) is 16.4. The van der Waals surface area contributed by atoms with E-state index in [0.717, 1.165) is 77.1 Å². The van der Waals surface area contributed by atoms with Gasteiger partial charge in [0, 0.05) is 39.7 Å². The molecule has 1 atom stereocenters. The van der Waals surface area contributed by atoms with E-state index in [1.165, 1.54) is 10.8 Å². The zero-order chi connectivity index (χ0) is 32.3. The molecular weight excluding hydrogens is 601 g/mol. The van der Waals surface area contributed by atoms with E-state index in [4.69, 9.17) is 14.4 Å². The molecule has 0 radical (unpaired) electrons. The van der Waals surface area contributed by atoms with E-state index in [0.29, 0.717) is 5.84 Å². The Morgan fingerprint density at radius 1 is 0.531 bits per heavy atom. The van der Waals surface area contributed by atoms with Gasteiger partial charge in [0.15, 0.2) is 5.84 Å². The molecule has 1 aliphatic rings. The number of furan rings is 1. The van der Waals surface area contributed by atoms with Crippen LogP contribution in [0.3, 0.4) is 0 Å². The molecule has 0 fully saturated rings. The van der Waals surface area contributed by atoms with Gasteiger partial charge in [-0.2, -0.15) is 0 Å². The maximum Gasteiger partial charge on any atom is 0.159 e. The fourth-order valence-corrected chi connectivity index (χ4v) is 7.16. The van der Waals surface area contributed by atoms with Crippen LogP contribution < -0.4 is 5.32 Å². The summed E-state index contributed by atoms with van der Waals surface area (Å²) in [5.41, 5.74) is 7.12. The van der Waals surface area contributed by atoms with Gasteiger partial charge in [-0.3, -0.25) is 4.98 Å². The number of nitrogens with zero attached hydrogens (tertiary/aromatic N) is 3. The van der Waals surface area contributed by atoms with Crippen molar-refractivity contribution in [3.05, 3.63) is 175 Å². The summed E-state index contributed by atoms with van der Waals surface area (Å²) >= 11 is 0. The van der Waals surface area contributed by atoms with Crippen molar-refractivity contribution in [3.63, 3.8) is 0 Å². The number of aliphatic imine (C=N–C) groups is 2. The van der Waals surface area contributed by atoms with Crippen LogP contribution in [-0.4, -0.2) is 16.7 Å². The van der Waals surface area contributed by atoms with Gasteiger partial charge in [0.25, 0.3) is 0 Å². The van der Waals surface area contributed by atoms with E-state index in [2.05, 4.69) is 126 Å². The Morgan fingerprint density at radius 3 is 2.29 bits per heavy atom. The normalized spacial score (nSPS) is 14.7. The molecule has 0 saturated carbocycles. The molecule has 7 aromatic carbocycles. The highest BCUT2D eigenvalue weighted by atomic mass is 16.3. The summed E-state index contributed by atoms with van der Waals surface area (Å²) in [7, 11) is 0. The van der Waals surface area contributed by atoms with Crippen LogP contribution in [-0.2, 0) is 0 Å². The van der Waals surface area contributed by atoms with Crippen molar-refractivity contribution >= 4 is 65.9 Å². The van der Waals surface area contributed by atoms with Gasteiger partial charge in [-0.25, -0.2) is 9.98 Å². The van der Waals surface area contributed by atoms with Crippen molar-refractivity contribution in [2.24, 2.45) is 9.98 Å². The molecule has 1 aliphatic heterocycles. The van der Waals surface area contributed by atoms with Gasteiger partial charge in [-0.15, -0.1) is 0 Å². The second kappa shape index (κ2) is 11.0. The van der Waals surface area contributed by atoms with Crippen LogP contribution in [0.15, 0.2) is 172 Å². The molecule has 2 aromatic heterocycles. The quantitative estimate of drug-likeness (QED) is 0.211. The second-order valence-electron chi connectivity index (χ2n) is 12.5. The number of pyridine rings is 1. The molecule has 0 amide bonds. The van der Waals surface area contributed by atoms with E-state index in [1.54, 1.807) is 0 Å². The second-order valence-corrected chi connectivity index (χ2v) is 12.5. The SMILES string of the molecule is c1ccc(C2=NC(c3ccc4ccccc4c3)NC(c3cccc4cc(-c5cccc6oc7cc8cnccc8cc7c56)ccc34)=N2)cc1. The molecule has 49 heavy (non-hydrogen) atoms. The predicted molar refractivity (Wildman–Crippen MR) is 201 cm³/mol. The van der Waals surface area contributed by atoms with Crippen LogP contribution in [0.1, 0.15) is 22.9 Å². The number of benzene rings is 7. The fraction of sp³-hybridized carbons (Fsp3) is 0.0227. The highest BCUT2D eigenvalue weighted by molar-refractivity contribution is 6.19. The van der Waals surface area contributed by atoms with Crippen LogP contribution in [0.4, 0.5) is 0 Å². The molecule has 0 spiro atoms. The van der Waals surface area contributed by atoms with Gasteiger partial charge in [0.2, 0.25) is 0 Å². The van der Waals surface area contributed by atoms with Crippen molar-refractivity contribution < 1.29 is 4.42 Å². The lowest BCUT2D eigenvalue weighted by atomic mass is 9.95. The van der Waals surface area contributed by atoms with E-state index >= 15 is 0 Å². The Kier molecular flexibility index (Phi) is 6.18. The molecule has 1 N–H and O–H groups in total. The topological polar surface area (TPSA) is 62.8 Å². The molecule has 9 aromatic rings. The first-order chi connectivity index (χ1) is 24.2. The average molecular weight is 629 g/mol. The first kappa shape index (κ1) is 27.5. The highest BCUT2D eigenvalue weighted by Crippen LogP contribution is 2.39. The number of aromatic nitrogens is 1. The van der Waals surface area contributed by atoms with Crippen LogP contribution >= 0.6 is 0 Å². The first-order valence-electron chi connectivity index (χ1n) is 16.4. The van der Waals surface area contributed by atoms with Crippen molar-refractivity contribution in [3.8, 4) is 11.1 Å². The summed E-state index contributed by atoms with van der Waals surface area (Å²) in [6.45, 7) is 0. The number of rotatable bonds is 4. The van der Waals surface area contributed by atoms with Gasteiger partial charge in [-0.1, -0.05) is 109 Å². The molecule has 0 aliphatic carbocycles. The standard InChI is InChI=1S/C44H28N4O/c1-2-9-28(10-3-1)42-46-43(33-17-16-27-8-4-5-11-29(27)22-33)48-44(47-42)37-14-6-12-31-23-32(18-19-35(31)37)36-13-7-15-39-41(36)38-24-30-20-21-45-26-34(30)25-40(38)49-39/h1-26,43H,(H,46,47,48). The Hall–Kier alpha value is -6.59. The summed E-state index contributed by atoms with van der Waals surface area (Å²) in [6, 6.07) is 51.0. The third kappa shape index (κ3) is 4.67. The molecule has 0 bridgehead atoms. The summed E-state index contributed by atoms with van der Waals surface area (Å²) < 4.78 is 6.36. The zero-order valence-corrected chi connectivity index (χ0v) is 26.3. The van der Waals surface area contributed by atoms with E-state index < -0.39 is 0 Å². The number of hydrogen-bond donors (Lipinski definition) is 1. The van der Waals surface area contributed by atoms with E-state index in [1.807, 2.05) is 42.7 Å². The number of hydrogen-bond acceptors (Lipinski definition) is 5.